The predicted octanol–water partition coefficient (Wildman–Crippen LogP) is 3.29. The van der Waals surface area contributed by atoms with E-state index in [9.17, 15) is 9.18 Å². The van der Waals surface area contributed by atoms with Crippen LogP contribution in [-0.2, 0) is 0 Å². The maximum absolute atomic E-state index is 13.8. The van der Waals surface area contributed by atoms with Gasteiger partial charge in [-0.1, -0.05) is 22.4 Å². The maximum Gasteiger partial charge on any atom is 0.256 e. The first-order valence-corrected chi connectivity index (χ1v) is 8.43. The molecule has 0 aromatic heterocycles. The highest BCUT2D eigenvalue weighted by molar-refractivity contribution is 9.10. The number of carbonyl (C=O) groups excluding carboxylic acids is 1. The van der Waals surface area contributed by atoms with E-state index in [1.54, 1.807) is 17.0 Å². The summed E-state index contributed by atoms with van der Waals surface area (Å²) in [5, 5.41) is 0. The first-order chi connectivity index (χ1) is 10.1. The lowest BCUT2D eigenvalue weighted by Crippen LogP contribution is -2.41. The van der Waals surface area contributed by atoms with Gasteiger partial charge < -0.3 is 4.90 Å². The highest BCUT2D eigenvalue weighted by atomic mass is 79.9. The third-order valence-electron chi connectivity index (χ3n) is 4.52. The molecule has 2 aliphatic rings. The molecule has 0 radical (unpaired) electrons. The zero-order valence-corrected chi connectivity index (χ0v) is 13.6. The van der Waals surface area contributed by atoms with Gasteiger partial charge in [0.1, 0.15) is 5.82 Å². The van der Waals surface area contributed by atoms with Crippen LogP contribution < -0.4 is 0 Å². The molecule has 21 heavy (non-hydrogen) atoms. The second-order valence-electron chi connectivity index (χ2n) is 5.91. The van der Waals surface area contributed by atoms with Crippen molar-refractivity contribution in [1.29, 1.82) is 0 Å². The van der Waals surface area contributed by atoms with E-state index in [0.717, 1.165) is 37.1 Å². The van der Waals surface area contributed by atoms with Crippen molar-refractivity contribution in [2.75, 3.05) is 26.2 Å². The first-order valence-electron chi connectivity index (χ1n) is 7.63. The number of hydrogen-bond donors (Lipinski definition) is 0. The molecule has 114 valence electrons. The second kappa shape index (κ2) is 6.44. The molecule has 3 nitrogen and oxygen atoms in total. The molecule has 2 fully saturated rings. The van der Waals surface area contributed by atoms with E-state index < -0.39 is 5.82 Å². The van der Waals surface area contributed by atoms with Gasteiger partial charge in [-0.3, -0.25) is 9.69 Å². The minimum absolute atomic E-state index is 0.170. The van der Waals surface area contributed by atoms with E-state index in [1.165, 1.54) is 25.3 Å². The highest BCUT2D eigenvalue weighted by Crippen LogP contribution is 2.23. The summed E-state index contributed by atoms with van der Waals surface area (Å²) in [6.07, 6.45) is 4.83. The number of hydrogen-bond acceptors (Lipinski definition) is 2. The zero-order valence-electron chi connectivity index (χ0n) is 12.0. The van der Waals surface area contributed by atoms with Crippen molar-refractivity contribution in [3.63, 3.8) is 0 Å². The summed E-state index contributed by atoms with van der Waals surface area (Å²) in [6.45, 7) is 3.73. The van der Waals surface area contributed by atoms with Crippen molar-refractivity contribution in [2.45, 2.75) is 31.7 Å². The molecule has 0 saturated carbocycles. The van der Waals surface area contributed by atoms with E-state index in [0.29, 0.717) is 6.04 Å². The molecular formula is C16H20BrFN2O. The van der Waals surface area contributed by atoms with E-state index in [4.69, 9.17) is 0 Å². The first kappa shape index (κ1) is 15.0. The lowest BCUT2D eigenvalue weighted by molar-refractivity contribution is 0.0767. The van der Waals surface area contributed by atoms with Gasteiger partial charge in [-0.05, 0) is 50.6 Å². The molecule has 1 amide bonds. The van der Waals surface area contributed by atoms with Crippen LogP contribution >= 0.6 is 15.9 Å². The van der Waals surface area contributed by atoms with Gasteiger partial charge in [0.15, 0.2) is 0 Å². The number of amides is 1. The lowest BCUT2D eigenvalue weighted by Gasteiger charge is -2.32. The van der Waals surface area contributed by atoms with E-state index in [1.807, 2.05) is 0 Å². The standard InChI is InChI=1S/C16H20BrFN2O/c17-12-4-5-15(18)14(10-12)16(21)20-9-6-13(11-20)19-7-2-1-3-8-19/h4-5,10,13H,1-3,6-9,11H2. The number of halogens is 2. The normalized spacial score (nSPS) is 23.5. The molecule has 0 spiro atoms. The average molecular weight is 355 g/mol. The Morgan fingerprint density at radius 2 is 1.95 bits per heavy atom. The van der Waals surface area contributed by atoms with Gasteiger partial charge in [0, 0.05) is 23.6 Å². The molecule has 2 aliphatic heterocycles. The van der Waals surface area contributed by atoms with Gasteiger partial charge in [0.05, 0.1) is 5.56 Å². The third kappa shape index (κ3) is 3.29. The predicted molar refractivity (Wildman–Crippen MR) is 83.8 cm³/mol. The molecule has 0 N–H and O–H groups in total. The van der Waals surface area contributed by atoms with Crippen molar-refractivity contribution in [2.24, 2.45) is 0 Å². The summed E-state index contributed by atoms with van der Waals surface area (Å²) in [4.78, 5) is 16.8. The Kier molecular flexibility index (Phi) is 4.60. The average Bonchev–Trinajstić information content (AvgIpc) is 3.00. The Hall–Kier alpha value is -0.940. The third-order valence-corrected chi connectivity index (χ3v) is 5.01. The van der Waals surface area contributed by atoms with Gasteiger partial charge in [0.25, 0.3) is 5.91 Å². The summed E-state index contributed by atoms with van der Waals surface area (Å²) in [7, 11) is 0. The van der Waals surface area contributed by atoms with Crippen LogP contribution in [0.15, 0.2) is 22.7 Å². The number of piperidine rings is 1. The lowest BCUT2D eigenvalue weighted by atomic mass is 10.1. The van der Waals surface area contributed by atoms with Crippen LogP contribution in [0.2, 0.25) is 0 Å². The summed E-state index contributed by atoms with van der Waals surface area (Å²) in [5.41, 5.74) is 0.170. The molecule has 2 heterocycles. The number of carbonyl (C=O) groups is 1. The Morgan fingerprint density at radius 3 is 2.71 bits per heavy atom. The molecule has 2 saturated heterocycles. The van der Waals surface area contributed by atoms with Gasteiger partial charge in [-0.2, -0.15) is 0 Å². The van der Waals surface area contributed by atoms with Crippen LogP contribution in [0.1, 0.15) is 36.0 Å². The quantitative estimate of drug-likeness (QED) is 0.813. The fourth-order valence-electron chi connectivity index (χ4n) is 3.34. The van der Waals surface area contributed by atoms with Crippen molar-refractivity contribution in [1.82, 2.24) is 9.80 Å². The van der Waals surface area contributed by atoms with Crippen LogP contribution in [-0.4, -0.2) is 47.9 Å². The van der Waals surface area contributed by atoms with Crippen LogP contribution in [0.25, 0.3) is 0 Å². The van der Waals surface area contributed by atoms with Crippen molar-refractivity contribution >= 4 is 21.8 Å². The van der Waals surface area contributed by atoms with E-state index >= 15 is 0 Å². The van der Waals surface area contributed by atoms with Crippen LogP contribution in [0.5, 0.6) is 0 Å². The number of nitrogens with zero attached hydrogens (tertiary/aromatic N) is 2. The fourth-order valence-corrected chi connectivity index (χ4v) is 3.70. The molecule has 3 rings (SSSR count). The SMILES string of the molecule is O=C(c1cc(Br)ccc1F)N1CCC(N2CCCCC2)C1. The number of benzene rings is 1. The van der Waals surface area contributed by atoms with Gasteiger partial charge in [-0.25, -0.2) is 4.39 Å². The minimum atomic E-state index is -0.440. The second-order valence-corrected chi connectivity index (χ2v) is 6.83. The van der Waals surface area contributed by atoms with Crippen molar-refractivity contribution in [3.05, 3.63) is 34.1 Å². The fraction of sp³-hybridized carbons (Fsp3) is 0.562. The summed E-state index contributed by atoms with van der Waals surface area (Å²) < 4.78 is 14.6. The minimum Gasteiger partial charge on any atom is -0.337 e. The van der Waals surface area contributed by atoms with Crippen LogP contribution in [0.3, 0.4) is 0 Å². The monoisotopic (exact) mass is 354 g/mol. The van der Waals surface area contributed by atoms with Gasteiger partial charge in [0.2, 0.25) is 0 Å². The molecule has 0 aliphatic carbocycles. The summed E-state index contributed by atoms with van der Waals surface area (Å²) in [5.74, 6) is -0.627. The Bertz CT molecular complexity index is 531. The highest BCUT2D eigenvalue weighted by Gasteiger charge is 2.32. The summed E-state index contributed by atoms with van der Waals surface area (Å²) >= 11 is 3.30. The Balaban J connectivity index is 1.67. The van der Waals surface area contributed by atoms with E-state index in [-0.39, 0.29) is 11.5 Å². The van der Waals surface area contributed by atoms with Crippen molar-refractivity contribution < 1.29 is 9.18 Å². The van der Waals surface area contributed by atoms with Crippen LogP contribution in [0, 0.1) is 5.82 Å². The maximum atomic E-state index is 13.8. The Labute approximate surface area is 133 Å². The van der Waals surface area contributed by atoms with Crippen LogP contribution in [0.4, 0.5) is 4.39 Å². The van der Waals surface area contributed by atoms with E-state index in [2.05, 4.69) is 20.8 Å². The molecule has 1 aromatic rings. The largest absolute Gasteiger partial charge is 0.337 e. The molecule has 5 heteroatoms. The van der Waals surface area contributed by atoms with Gasteiger partial charge in [-0.15, -0.1) is 0 Å². The molecule has 1 atom stereocenters. The Morgan fingerprint density at radius 1 is 1.19 bits per heavy atom. The topological polar surface area (TPSA) is 23.6 Å². The molecule has 1 aromatic carbocycles. The number of likely N-dealkylation sites (tertiary alicyclic amines) is 2. The molecular weight excluding hydrogens is 335 g/mol. The zero-order chi connectivity index (χ0) is 14.8. The van der Waals surface area contributed by atoms with Crippen molar-refractivity contribution in [3.8, 4) is 0 Å². The van der Waals surface area contributed by atoms with Gasteiger partial charge >= 0.3 is 0 Å². The summed E-state index contributed by atoms with van der Waals surface area (Å²) in [6, 6.07) is 4.98. The molecule has 1 unspecified atom stereocenters. The number of rotatable bonds is 2. The smallest absolute Gasteiger partial charge is 0.256 e. The molecule has 0 bridgehead atoms.